The third-order valence-corrected chi connectivity index (χ3v) is 6.57. The Labute approximate surface area is 162 Å². The van der Waals surface area contributed by atoms with Crippen molar-refractivity contribution in [1.82, 2.24) is 15.1 Å². The Hall–Kier alpha value is -1.84. The minimum Gasteiger partial charge on any atom is -0.477 e. The highest BCUT2D eigenvalue weighted by Crippen LogP contribution is 2.48. The molecule has 8 nitrogen and oxygen atoms in total. The van der Waals surface area contributed by atoms with E-state index in [0.29, 0.717) is 17.9 Å². The first-order chi connectivity index (χ1) is 12.7. The molecule has 2 amide bonds. The van der Waals surface area contributed by atoms with Crippen molar-refractivity contribution in [1.29, 1.82) is 0 Å². The van der Waals surface area contributed by atoms with Gasteiger partial charge in [-0.25, -0.2) is 4.79 Å². The van der Waals surface area contributed by atoms with Crippen LogP contribution in [0.25, 0.3) is 0 Å². The molecule has 0 unspecified atom stereocenters. The second kappa shape index (κ2) is 7.65. The van der Waals surface area contributed by atoms with Gasteiger partial charge < -0.3 is 25.3 Å². The predicted molar refractivity (Wildman–Crippen MR) is 101 cm³/mol. The highest BCUT2D eigenvalue weighted by atomic mass is 32.2. The highest BCUT2D eigenvalue weighted by Gasteiger charge is 2.57. The molecular weight excluding hydrogens is 370 g/mol. The molecule has 2 saturated heterocycles. The predicted octanol–water partition coefficient (Wildman–Crippen LogP) is 0.00220. The Kier molecular flexibility index (Phi) is 5.64. The van der Waals surface area contributed by atoms with Gasteiger partial charge in [0, 0.05) is 49.3 Å². The number of β-lactam (4-membered cyclic amide) rings is 1. The molecule has 3 N–H and O–H groups in total. The third kappa shape index (κ3) is 3.76. The maximum absolute atomic E-state index is 12.2. The van der Waals surface area contributed by atoms with Gasteiger partial charge in [-0.2, -0.15) is 0 Å². The molecule has 0 aromatic carbocycles. The van der Waals surface area contributed by atoms with Crippen LogP contribution in [0.5, 0.6) is 0 Å². The maximum atomic E-state index is 12.2. The van der Waals surface area contributed by atoms with E-state index in [1.807, 2.05) is 6.08 Å². The van der Waals surface area contributed by atoms with Crippen molar-refractivity contribution in [2.75, 3.05) is 20.6 Å². The number of nitrogens with one attached hydrogen (secondary N) is 1. The van der Waals surface area contributed by atoms with Gasteiger partial charge in [-0.1, -0.05) is 6.08 Å². The first-order valence-corrected chi connectivity index (χ1v) is 9.85. The van der Waals surface area contributed by atoms with E-state index in [0.717, 1.165) is 6.42 Å². The van der Waals surface area contributed by atoms with Crippen molar-refractivity contribution >= 4 is 29.5 Å². The zero-order valence-corrected chi connectivity index (χ0v) is 16.4. The summed E-state index contributed by atoms with van der Waals surface area (Å²) in [6.07, 6.45) is 3.85. The Bertz CT molecular complexity index is 718. The molecule has 0 aromatic heterocycles. The van der Waals surface area contributed by atoms with Gasteiger partial charge in [-0.3, -0.25) is 9.59 Å². The number of carboxylic acid groups (broad SMARTS) is 1. The number of fused-ring (bicyclic) bond motifs is 1. The average molecular weight is 395 g/mol. The van der Waals surface area contributed by atoms with Crippen molar-refractivity contribution in [2.45, 2.75) is 43.2 Å². The van der Waals surface area contributed by atoms with Crippen LogP contribution in [0, 0.1) is 5.92 Å². The summed E-state index contributed by atoms with van der Waals surface area (Å²) in [6.45, 7) is 2.27. The monoisotopic (exact) mass is 395 g/mol. The number of aliphatic hydroxyl groups is 1. The fraction of sp³-hybridized carbons (Fsp3) is 0.611. The summed E-state index contributed by atoms with van der Waals surface area (Å²) in [4.78, 5) is 39.1. The molecule has 3 aliphatic heterocycles. The van der Waals surface area contributed by atoms with E-state index in [1.54, 1.807) is 27.1 Å². The standard InChI is InChI=1S/C18H25N3O5S/c1-9(22)15-12-7-13(16(18(25)26)21(12)17(15)24)27-11-6-10(19-8-11)4-5-14(23)20(2)3/h4-5,9-12,15,19,22H,6-8H2,1-3H3,(H,25,26)/t9-,10-,11+,12-,15-/m1/s1. The van der Waals surface area contributed by atoms with Gasteiger partial charge in [0.25, 0.3) is 0 Å². The second-order valence-corrected chi connectivity index (χ2v) is 8.80. The van der Waals surface area contributed by atoms with E-state index >= 15 is 0 Å². The summed E-state index contributed by atoms with van der Waals surface area (Å²) in [5.74, 6) is -2.01. The lowest BCUT2D eigenvalue weighted by atomic mass is 9.83. The van der Waals surface area contributed by atoms with Crippen molar-refractivity contribution < 1.29 is 24.6 Å². The summed E-state index contributed by atoms with van der Waals surface area (Å²) >= 11 is 1.49. The lowest BCUT2D eigenvalue weighted by Crippen LogP contribution is -2.61. The smallest absolute Gasteiger partial charge is 0.353 e. The summed E-state index contributed by atoms with van der Waals surface area (Å²) in [5.41, 5.74) is 0.0636. The quantitative estimate of drug-likeness (QED) is 0.429. The van der Waals surface area contributed by atoms with Crippen LogP contribution in [0.15, 0.2) is 22.8 Å². The summed E-state index contributed by atoms with van der Waals surface area (Å²) in [6, 6.07) is -0.195. The van der Waals surface area contributed by atoms with Crippen LogP contribution in [0.3, 0.4) is 0 Å². The van der Waals surface area contributed by atoms with Crippen LogP contribution in [-0.2, 0) is 14.4 Å². The minimum atomic E-state index is -1.10. The molecule has 0 aromatic rings. The lowest BCUT2D eigenvalue weighted by Gasteiger charge is -2.44. The second-order valence-electron chi connectivity index (χ2n) is 7.41. The molecule has 148 valence electrons. The molecule has 0 bridgehead atoms. The normalized spacial score (nSPS) is 31.3. The summed E-state index contributed by atoms with van der Waals surface area (Å²) in [5, 5.41) is 22.9. The molecule has 0 aliphatic carbocycles. The fourth-order valence-electron chi connectivity index (χ4n) is 3.85. The summed E-state index contributed by atoms with van der Waals surface area (Å²) < 4.78 is 0. The maximum Gasteiger partial charge on any atom is 0.353 e. The van der Waals surface area contributed by atoms with E-state index in [4.69, 9.17) is 0 Å². The number of aliphatic carboxylic acids is 1. The number of carbonyl (C=O) groups is 3. The van der Waals surface area contributed by atoms with E-state index in [2.05, 4.69) is 5.32 Å². The Morgan fingerprint density at radius 1 is 1.41 bits per heavy atom. The fourth-order valence-corrected chi connectivity index (χ4v) is 5.30. The van der Waals surface area contributed by atoms with Gasteiger partial charge in [0.15, 0.2) is 0 Å². The van der Waals surface area contributed by atoms with Crippen LogP contribution in [0.2, 0.25) is 0 Å². The first-order valence-electron chi connectivity index (χ1n) is 8.97. The first kappa shape index (κ1) is 19.9. The van der Waals surface area contributed by atoms with Crippen molar-refractivity contribution in [3.8, 4) is 0 Å². The SMILES string of the molecule is C[C@@H](O)[C@H]1C(=O)N2C(C(=O)O)=C(S[C@@H]3CN[C@H](C=CC(=O)N(C)C)C3)C[C@H]12. The number of hydrogen-bond acceptors (Lipinski definition) is 6. The van der Waals surface area contributed by atoms with Crippen LogP contribution in [0.4, 0.5) is 0 Å². The van der Waals surface area contributed by atoms with Crippen LogP contribution >= 0.6 is 11.8 Å². The van der Waals surface area contributed by atoms with Crippen molar-refractivity contribution in [3.05, 3.63) is 22.8 Å². The van der Waals surface area contributed by atoms with Crippen molar-refractivity contribution in [2.24, 2.45) is 5.92 Å². The molecule has 2 fully saturated rings. The molecule has 5 atom stereocenters. The largest absolute Gasteiger partial charge is 0.477 e. The molecule has 0 saturated carbocycles. The number of likely N-dealkylation sites (N-methyl/N-ethyl adjacent to an activating group) is 1. The topological polar surface area (TPSA) is 110 Å². The molecule has 27 heavy (non-hydrogen) atoms. The van der Waals surface area contributed by atoms with Gasteiger partial charge in [-0.15, -0.1) is 11.8 Å². The van der Waals surface area contributed by atoms with Gasteiger partial charge in [-0.05, 0) is 13.3 Å². The van der Waals surface area contributed by atoms with Crippen molar-refractivity contribution in [3.63, 3.8) is 0 Å². The number of thioether (sulfide) groups is 1. The molecule has 0 spiro atoms. The van der Waals surface area contributed by atoms with Crippen LogP contribution < -0.4 is 5.32 Å². The van der Waals surface area contributed by atoms with E-state index in [-0.39, 0.29) is 34.8 Å². The molecule has 9 heteroatoms. The zero-order valence-electron chi connectivity index (χ0n) is 15.6. The number of rotatable bonds is 6. The zero-order chi connectivity index (χ0) is 19.9. The Balaban J connectivity index is 1.65. The van der Waals surface area contributed by atoms with E-state index < -0.39 is 18.0 Å². The number of nitrogens with zero attached hydrogens (tertiary/aromatic N) is 2. The van der Waals surface area contributed by atoms with Crippen LogP contribution in [-0.4, -0.2) is 81.9 Å². The molecule has 3 rings (SSSR count). The molecule has 3 aliphatic rings. The number of amides is 2. The minimum absolute atomic E-state index is 0.0607. The number of carbonyl (C=O) groups excluding carboxylic acids is 2. The molecular formula is C18H25N3O5S. The average Bonchev–Trinajstić information content (AvgIpc) is 3.15. The number of aliphatic hydroxyl groups excluding tert-OH is 1. The number of hydrogen-bond donors (Lipinski definition) is 3. The van der Waals surface area contributed by atoms with Crippen LogP contribution in [0.1, 0.15) is 19.8 Å². The Morgan fingerprint density at radius 2 is 2.11 bits per heavy atom. The Morgan fingerprint density at radius 3 is 2.70 bits per heavy atom. The highest BCUT2D eigenvalue weighted by molar-refractivity contribution is 8.03. The van der Waals surface area contributed by atoms with Gasteiger partial charge in [0.2, 0.25) is 11.8 Å². The van der Waals surface area contributed by atoms with E-state index in [1.165, 1.54) is 21.6 Å². The summed E-state index contributed by atoms with van der Waals surface area (Å²) in [7, 11) is 3.39. The third-order valence-electron chi connectivity index (χ3n) is 5.24. The van der Waals surface area contributed by atoms with Gasteiger partial charge in [0.05, 0.1) is 18.1 Å². The van der Waals surface area contributed by atoms with E-state index in [9.17, 15) is 24.6 Å². The van der Waals surface area contributed by atoms with Gasteiger partial charge in [0.1, 0.15) is 5.70 Å². The van der Waals surface area contributed by atoms with Gasteiger partial charge >= 0.3 is 5.97 Å². The molecule has 3 heterocycles. The lowest BCUT2D eigenvalue weighted by molar-refractivity contribution is -0.161. The molecule has 0 radical (unpaired) electrons. The number of carboxylic acids is 1.